The first-order chi connectivity index (χ1) is 13.7. The summed E-state index contributed by atoms with van der Waals surface area (Å²) < 4.78 is 6.93. The maximum absolute atomic E-state index is 12.3. The van der Waals surface area contributed by atoms with Crippen LogP contribution in [0, 0.1) is 0 Å². The van der Waals surface area contributed by atoms with Crippen LogP contribution in [0.4, 0.5) is 0 Å². The number of aromatic nitrogens is 6. The van der Waals surface area contributed by atoms with Crippen molar-refractivity contribution in [2.45, 2.75) is 25.4 Å². The number of nitrogens with zero attached hydrogens (tertiary/aromatic N) is 5. The summed E-state index contributed by atoms with van der Waals surface area (Å²) in [6.45, 7) is 2.13. The second kappa shape index (κ2) is 9.48. The Morgan fingerprint density at radius 3 is 2.76 bits per heavy atom. The average molecular weight is 419 g/mol. The van der Waals surface area contributed by atoms with Gasteiger partial charge in [-0.3, -0.25) is 9.89 Å². The molecule has 3 heterocycles. The van der Waals surface area contributed by atoms with Gasteiger partial charge in [0.25, 0.3) is 5.91 Å². The average Bonchev–Trinajstić information content (AvgIpc) is 3.43. The monoisotopic (exact) mass is 418 g/mol. The van der Waals surface area contributed by atoms with Crippen molar-refractivity contribution in [3.63, 3.8) is 0 Å². The summed E-state index contributed by atoms with van der Waals surface area (Å²) >= 11 is 0. The summed E-state index contributed by atoms with van der Waals surface area (Å²) in [6, 6.07) is 7.74. The predicted molar refractivity (Wildman–Crippen MR) is 108 cm³/mol. The first-order valence-electron chi connectivity index (χ1n) is 9.19. The zero-order chi connectivity index (χ0) is 19.3. The van der Waals surface area contributed by atoms with Crippen LogP contribution in [-0.4, -0.2) is 56.3 Å². The fraction of sp³-hybridized carbons (Fsp3) is 0.389. The number of aromatic amines is 1. The van der Waals surface area contributed by atoms with Crippen molar-refractivity contribution in [2.75, 3.05) is 20.2 Å². The van der Waals surface area contributed by atoms with E-state index in [0.29, 0.717) is 17.3 Å². The van der Waals surface area contributed by atoms with Crippen molar-refractivity contribution in [3.05, 3.63) is 42.0 Å². The first-order valence-corrected chi connectivity index (χ1v) is 9.19. The smallest absolute Gasteiger partial charge is 0.273 e. The van der Waals surface area contributed by atoms with Crippen LogP contribution in [-0.2, 0) is 6.54 Å². The Labute approximate surface area is 173 Å². The normalized spacial score (nSPS) is 14.2. The zero-order valence-electron chi connectivity index (χ0n) is 16.0. The number of methoxy groups -OCH3 is 1. The number of ether oxygens (including phenoxy) is 1. The molecule has 0 saturated carbocycles. The van der Waals surface area contributed by atoms with Crippen LogP contribution < -0.4 is 15.4 Å². The fourth-order valence-electron chi connectivity index (χ4n) is 3.13. The second-order valence-corrected chi connectivity index (χ2v) is 6.58. The van der Waals surface area contributed by atoms with Gasteiger partial charge in [0.15, 0.2) is 11.5 Å². The van der Waals surface area contributed by atoms with Crippen molar-refractivity contribution in [2.24, 2.45) is 0 Å². The third-order valence-electron chi connectivity index (χ3n) is 4.72. The molecule has 0 unspecified atom stereocenters. The number of hydrogen-bond donors (Lipinski definition) is 3. The van der Waals surface area contributed by atoms with E-state index in [9.17, 15) is 4.79 Å². The maximum Gasteiger partial charge on any atom is 0.273 e. The van der Waals surface area contributed by atoms with Gasteiger partial charge in [-0.2, -0.15) is 5.10 Å². The molecule has 1 fully saturated rings. The molecule has 4 rings (SSSR count). The lowest BCUT2D eigenvalue weighted by Gasteiger charge is -2.22. The van der Waals surface area contributed by atoms with Gasteiger partial charge in [0.2, 0.25) is 0 Å². The summed E-state index contributed by atoms with van der Waals surface area (Å²) in [5.41, 5.74) is 1.16. The van der Waals surface area contributed by atoms with E-state index >= 15 is 0 Å². The number of H-pyrrole nitrogens is 1. The van der Waals surface area contributed by atoms with E-state index in [0.717, 1.165) is 37.2 Å². The molecule has 3 N–H and O–H groups in total. The van der Waals surface area contributed by atoms with Crippen LogP contribution in [0.3, 0.4) is 0 Å². The molecule has 1 aliphatic rings. The molecule has 1 aromatic carbocycles. The minimum atomic E-state index is -0.289. The lowest BCUT2D eigenvalue weighted by Crippen LogP contribution is -2.29. The summed E-state index contributed by atoms with van der Waals surface area (Å²) in [4.78, 5) is 16.8. The van der Waals surface area contributed by atoms with Gasteiger partial charge in [0.1, 0.15) is 11.6 Å². The summed E-state index contributed by atoms with van der Waals surface area (Å²) in [7, 11) is 1.62. The van der Waals surface area contributed by atoms with Crippen molar-refractivity contribution in [3.8, 4) is 17.1 Å². The number of rotatable bonds is 6. The number of halogens is 1. The number of piperidine rings is 1. The molecule has 0 bridgehead atoms. The molecule has 1 saturated heterocycles. The van der Waals surface area contributed by atoms with E-state index < -0.39 is 0 Å². The Kier molecular flexibility index (Phi) is 6.78. The Morgan fingerprint density at radius 2 is 2.03 bits per heavy atom. The van der Waals surface area contributed by atoms with Gasteiger partial charge in [-0.1, -0.05) is 5.21 Å². The van der Waals surface area contributed by atoms with Crippen LogP contribution in [0.1, 0.15) is 35.2 Å². The van der Waals surface area contributed by atoms with Gasteiger partial charge in [-0.05, 0) is 50.2 Å². The van der Waals surface area contributed by atoms with E-state index in [1.807, 2.05) is 24.3 Å². The standard InChI is InChI=1S/C18H22N8O2.ClH/c1-28-14-4-2-12(3-5-14)17-21-16(23-24-17)10-20-18(27)15-11-26(25-22-15)13-6-8-19-9-7-13;/h2-5,11,13,19H,6-10H2,1H3,(H,20,27)(H,21,23,24);1H. The van der Waals surface area contributed by atoms with Gasteiger partial charge in [0, 0.05) is 5.56 Å². The van der Waals surface area contributed by atoms with E-state index in [4.69, 9.17) is 4.74 Å². The van der Waals surface area contributed by atoms with Crippen LogP contribution in [0.5, 0.6) is 5.75 Å². The molecule has 154 valence electrons. The number of benzene rings is 1. The second-order valence-electron chi connectivity index (χ2n) is 6.58. The highest BCUT2D eigenvalue weighted by molar-refractivity contribution is 5.91. The molecule has 0 aliphatic carbocycles. The van der Waals surface area contributed by atoms with Crippen LogP contribution in [0.15, 0.2) is 30.5 Å². The Hall–Kier alpha value is -2.98. The van der Waals surface area contributed by atoms with Gasteiger partial charge >= 0.3 is 0 Å². The Balaban J connectivity index is 0.00000240. The molecule has 11 heteroatoms. The molecular weight excluding hydrogens is 396 g/mol. The van der Waals surface area contributed by atoms with Crippen molar-refractivity contribution < 1.29 is 9.53 Å². The minimum Gasteiger partial charge on any atom is -0.497 e. The van der Waals surface area contributed by atoms with Crippen molar-refractivity contribution >= 4 is 18.3 Å². The zero-order valence-corrected chi connectivity index (χ0v) is 16.8. The predicted octanol–water partition coefficient (Wildman–Crippen LogP) is 1.35. The minimum absolute atomic E-state index is 0. The van der Waals surface area contributed by atoms with Crippen molar-refractivity contribution in [1.82, 2.24) is 40.8 Å². The third-order valence-corrected chi connectivity index (χ3v) is 4.72. The molecule has 0 spiro atoms. The van der Waals surface area contributed by atoms with E-state index in [-0.39, 0.29) is 30.9 Å². The third kappa shape index (κ3) is 4.90. The summed E-state index contributed by atoms with van der Waals surface area (Å²) in [5, 5.41) is 21.2. The van der Waals surface area contributed by atoms with E-state index in [1.54, 1.807) is 18.0 Å². The SMILES string of the molecule is COc1ccc(-c2n[nH]c(CNC(=O)c3cn(C4CCNCC4)nn3)n2)cc1.Cl. The molecule has 1 aliphatic heterocycles. The lowest BCUT2D eigenvalue weighted by atomic mass is 10.1. The highest BCUT2D eigenvalue weighted by Crippen LogP contribution is 2.19. The van der Waals surface area contributed by atoms with Gasteiger partial charge in [-0.15, -0.1) is 17.5 Å². The molecule has 29 heavy (non-hydrogen) atoms. The Bertz CT molecular complexity index is 934. The van der Waals surface area contributed by atoms with Gasteiger partial charge in [0.05, 0.1) is 25.9 Å². The Morgan fingerprint density at radius 1 is 1.28 bits per heavy atom. The molecule has 2 aromatic heterocycles. The highest BCUT2D eigenvalue weighted by Gasteiger charge is 2.19. The number of carbonyl (C=O) groups excluding carboxylic acids is 1. The van der Waals surface area contributed by atoms with Crippen LogP contribution >= 0.6 is 12.4 Å². The lowest BCUT2D eigenvalue weighted by molar-refractivity contribution is 0.0945. The fourth-order valence-corrected chi connectivity index (χ4v) is 3.13. The molecule has 3 aromatic rings. The number of nitrogens with one attached hydrogen (secondary N) is 3. The quantitative estimate of drug-likeness (QED) is 0.552. The largest absolute Gasteiger partial charge is 0.497 e. The summed E-state index contributed by atoms with van der Waals surface area (Å²) in [5.74, 6) is 1.60. The molecule has 0 atom stereocenters. The molecule has 0 radical (unpaired) electrons. The number of hydrogen-bond acceptors (Lipinski definition) is 7. The summed E-state index contributed by atoms with van der Waals surface area (Å²) in [6.07, 6.45) is 3.67. The maximum atomic E-state index is 12.3. The van der Waals surface area contributed by atoms with Crippen LogP contribution in [0.2, 0.25) is 0 Å². The van der Waals surface area contributed by atoms with E-state index in [1.165, 1.54) is 0 Å². The first kappa shape index (κ1) is 20.7. The molecule has 1 amide bonds. The van der Waals surface area contributed by atoms with Gasteiger partial charge in [-0.25, -0.2) is 9.67 Å². The topological polar surface area (TPSA) is 123 Å². The highest BCUT2D eigenvalue weighted by atomic mass is 35.5. The van der Waals surface area contributed by atoms with Gasteiger partial charge < -0.3 is 15.4 Å². The number of carbonyl (C=O) groups is 1. The van der Waals surface area contributed by atoms with E-state index in [2.05, 4.69) is 36.1 Å². The number of amides is 1. The van der Waals surface area contributed by atoms with Crippen LogP contribution in [0.25, 0.3) is 11.4 Å². The molecular formula is C18H23ClN8O2. The molecule has 10 nitrogen and oxygen atoms in total. The van der Waals surface area contributed by atoms with Crippen molar-refractivity contribution in [1.29, 1.82) is 0 Å².